The Hall–Kier alpha value is -3.21. The number of rotatable bonds is 2. The normalized spacial score (nSPS) is 20.3. The van der Waals surface area contributed by atoms with Gasteiger partial charge in [0, 0.05) is 22.9 Å². The minimum Gasteiger partial charge on any atom is -0.482 e. The molecule has 0 atom stereocenters. The summed E-state index contributed by atoms with van der Waals surface area (Å²) >= 11 is 0. The van der Waals surface area contributed by atoms with Crippen LogP contribution in [0.2, 0.25) is 0 Å². The highest BCUT2D eigenvalue weighted by atomic mass is 19.1. The van der Waals surface area contributed by atoms with Gasteiger partial charge in [-0.2, -0.15) is 0 Å². The van der Waals surface area contributed by atoms with Crippen LogP contribution in [0.25, 0.3) is 17.2 Å². The van der Waals surface area contributed by atoms with Crippen LogP contribution in [-0.2, 0) is 9.53 Å². The van der Waals surface area contributed by atoms with Crippen LogP contribution < -0.4 is 5.32 Å². The second-order valence-corrected chi connectivity index (χ2v) is 6.73. The number of anilines is 1. The molecule has 0 radical (unpaired) electrons. The third-order valence-electron chi connectivity index (χ3n) is 4.57. The number of pyridine rings is 1. The van der Waals surface area contributed by atoms with Crippen LogP contribution in [-0.4, -0.2) is 16.5 Å². The summed E-state index contributed by atoms with van der Waals surface area (Å²) in [6.07, 6.45) is 5.30. The number of nitrogens with zero attached hydrogens (tertiary/aromatic N) is 1. The fourth-order valence-corrected chi connectivity index (χ4v) is 3.29. The van der Waals surface area contributed by atoms with Crippen LogP contribution in [0.15, 0.2) is 54.9 Å². The molecule has 0 fully saturated rings. The largest absolute Gasteiger partial charge is 0.482 e. The van der Waals surface area contributed by atoms with E-state index >= 15 is 0 Å². The maximum Gasteiger partial charge on any atom is 0.260 e. The fourth-order valence-electron chi connectivity index (χ4n) is 3.29. The highest BCUT2D eigenvalue weighted by Crippen LogP contribution is 2.44. The van der Waals surface area contributed by atoms with Gasteiger partial charge < -0.3 is 10.1 Å². The lowest BCUT2D eigenvalue weighted by Gasteiger charge is -2.23. The van der Waals surface area contributed by atoms with Gasteiger partial charge in [0.25, 0.3) is 5.91 Å². The van der Waals surface area contributed by atoms with Crippen molar-refractivity contribution < 1.29 is 13.9 Å². The highest BCUT2D eigenvalue weighted by molar-refractivity contribution is 6.32. The van der Waals surface area contributed by atoms with Crippen LogP contribution in [0.3, 0.4) is 0 Å². The first-order valence-corrected chi connectivity index (χ1v) is 8.24. The molecule has 1 N–H and O–H groups in total. The Labute approximate surface area is 150 Å². The van der Waals surface area contributed by atoms with E-state index in [9.17, 15) is 9.18 Å². The Balaban J connectivity index is 1.84. The van der Waals surface area contributed by atoms with Crippen LogP contribution in [0, 0.1) is 5.82 Å². The molecule has 2 aliphatic rings. The van der Waals surface area contributed by atoms with Gasteiger partial charge in [-0.25, -0.2) is 4.39 Å². The smallest absolute Gasteiger partial charge is 0.260 e. The number of carbonyl (C=O) groups is 1. The van der Waals surface area contributed by atoms with Gasteiger partial charge in [-0.3, -0.25) is 9.78 Å². The molecule has 0 saturated heterocycles. The summed E-state index contributed by atoms with van der Waals surface area (Å²) in [6.45, 7) is 7.58. The summed E-state index contributed by atoms with van der Waals surface area (Å²) in [7, 11) is 0. The maximum atomic E-state index is 13.4. The molecule has 0 unspecified atom stereocenters. The number of benzene rings is 1. The van der Waals surface area contributed by atoms with E-state index in [1.54, 1.807) is 18.3 Å². The molecule has 4 nitrogen and oxygen atoms in total. The summed E-state index contributed by atoms with van der Waals surface area (Å²) in [5.41, 5.74) is 3.51. The summed E-state index contributed by atoms with van der Waals surface area (Å²) < 4.78 is 19.5. The molecule has 3 heterocycles. The number of halogens is 1. The van der Waals surface area contributed by atoms with Gasteiger partial charge in [0.2, 0.25) is 0 Å². The summed E-state index contributed by atoms with van der Waals surface area (Å²) in [4.78, 5) is 16.8. The SMILES string of the molecule is C=Cc1ccc(C2=CC(=C3C(=O)Nc4cc(F)ccc43)OC2(C)C)cn1. The van der Waals surface area contributed by atoms with Gasteiger partial charge in [-0.15, -0.1) is 0 Å². The number of aromatic nitrogens is 1. The Bertz CT molecular complexity index is 1000. The molecule has 2 aromatic rings. The molecule has 2 aliphatic heterocycles. The zero-order valence-electron chi connectivity index (χ0n) is 14.5. The molecular weight excluding hydrogens is 331 g/mol. The van der Waals surface area contributed by atoms with E-state index in [1.807, 2.05) is 32.1 Å². The molecule has 26 heavy (non-hydrogen) atoms. The van der Waals surface area contributed by atoms with E-state index in [4.69, 9.17) is 4.74 Å². The third kappa shape index (κ3) is 2.52. The molecule has 5 heteroatoms. The zero-order valence-corrected chi connectivity index (χ0v) is 14.5. The average Bonchev–Trinajstić information content (AvgIpc) is 3.09. The van der Waals surface area contributed by atoms with Gasteiger partial charge in [0.05, 0.1) is 17.0 Å². The van der Waals surface area contributed by atoms with Crippen molar-refractivity contribution in [3.63, 3.8) is 0 Å². The quantitative estimate of drug-likeness (QED) is 0.818. The number of ether oxygens (including phenoxy) is 1. The summed E-state index contributed by atoms with van der Waals surface area (Å²) in [5, 5.41) is 2.69. The minimum atomic E-state index is -0.622. The first kappa shape index (κ1) is 16.3. The number of fused-ring (bicyclic) bond motifs is 1. The van der Waals surface area contributed by atoms with Gasteiger partial charge in [0.15, 0.2) is 0 Å². The van der Waals surface area contributed by atoms with Crippen molar-refractivity contribution in [1.29, 1.82) is 0 Å². The Morgan fingerprint density at radius 3 is 2.77 bits per heavy atom. The Morgan fingerprint density at radius 1 is 1.27 bits per heavy atom. The topological polar surface area (TPSA) is 51.2 Å². The number of nitrogens with one attached hydrogen (secondary N) is 1. The number of hydrogen-bond acceptors (Lipinski definition) is 3. The van der Waals surface area contributed by atoms with E-state index in [1.165, 1.54) is 12.1 Å². The van der Waals surface area contributed by atoms with Crippen LogP contribution >= 0.6 is 0 Å². The first-order valence-electron chi connectivity index (χ1n) is 8.24. The van der Waals surface area contributed by atoms with Gasteiger partial charge in [0.1, 0.15) is 17.2 Å². The minimum absolute atomic E-state index is 0.297. The van der Waals surface area contributed by atoms with Crippen molar-refractivity contribution in [1.82, 2.24) is 4.98 Å². The number of amides is 1. The molecule has 0 aliphatic carbocycles. The molecule has 1 aromatic heterocycles. The van der Waals surface area contributed by atoms with Gasteiger partial charge in [-0.1, -0.05) is 12.6 Å². The highest BCUT2D eigenvalue weighted by Gasteiger charge is 2.38. The maximum absolute atomic E-state index is 13.4. The lowest BCUT2D eigenvalue weighted by Crippen LogP contribution is -2.21. The Kier molecular flexibility index (Phi) is 3.54. The Morgan fingerprint density at radius 2 is 2.08 bits per heavy atom. The van der Waals surface area contributed by atoms with Crippen molar-refractivity contribution in [2.24, 2.45) is 0 Å². The fraction of sp³-hybridized carbons (Fsp3) is 0.143. The first-order chi connectivity index (χ1) is 12.4. The number of hydrogen-bond donors (Lipinski definition) is 1. The van der Waals surface area contributed by atoms with E-state index in [-0.39, 0.29) is 5.91 Å². The van der Waals surface area contributed by atoms with Crippen LogP contribution in [0.4, 0.5) is 10.1 Å². The zero-order chi connectivity index (χ0) is 18.5. The number of carbonyl (C=O) groups excluding carboxylic acids is 1. The molecule has 0 bridgehead atoms. The molecule has 0 saturated carbocycles. The van der Waals surface area contributed by atoms with E-state index in [0.717, 1.165) is 16.8 Å². The van der Waals surface area contributed by atoms with E-state index < -0.39 is 11.4 Å². The third-order valence-corrected chi connectivity index (χ3v) is 4.57. The summed E-state index contributed by atoms with van der Waals surface area (Å²) in [5.74, 6) is -0.220. The second-order valence-electron chi connectivity index (χ2n) is 6.73. The second kappa shape index (κ2) is 5.66. The van der Waals surface area contributed by atoms with Gasteiger partial charge in [-0.05, 0) is 50.3 Å². The molecule has 0 spiro atoms. The van der Waals surface area contributed by atoms with Crippen molar-refractivity contribution in [3.8, 4) is 0 Å². The van der Waals surface area contributed by atoms with E-state index in [2.05, 4.69) is 16.9 Å². The number of allylic oxidation sites excluding steroid dienone is 1. The predicted molar refractivity (Wildman–Crippen MR) is 99.4 cm³/mol. The average molecular weight is 348 g/mol. The monoisotopic (exact) mass is 348 g/mol. The predicted octanol–water partition coefficient (Wildman–Crippen LogP) is 4.42. The lowest BCUT2D eigenvalue weighted by atomic mass is 9.93. The molecular formula is C21H17FN2O2. The van der Waals surface area contributed by atoms with Crippen molar-refractivity contribution >= 4 is 28.8 Å². The van der Waals surface area contributed by atoms with Crippen molar-refractivity contribution in [2.75, 3.05) is 5.32 Å². The van der Waals surface area contributed by atoms with Crippen molar-refractivity contribution in [3.05, 3.63) is 77.6 Å². The van der Waals surface area contributed by atoms with E-state index in [0.29, 0.717) is 22.6 Å². The molecule has 1 amide bonds. The standard InChI is InChI=1S/C21H17FN2O2/c1-4-14-7-5-12(11-23-14)16-10-18(26-21(16,2)3)19-15-8-6-13(22)9-17(15)24-20(19)25/h4-11H,1H2,2-3H3,(H,24,25). The van der Waals surface area contributed by atoms with Crippen LogP contribution in [0.1, 0.15) is 30.7 Å². The molecule has 4 rings (SSSR count). The van der Waals surface area contributed by atoms with Crippen molar-refractivity contribution in [2.45, 2.75) is 19.4 Å². The molecule has 130 valence electrons. The molecule has 1 aromatic carbocycles. The summed E-state index contributed by atoms with van der Waals surface area (Å²) in [6, 6.07) is 8.07. The lowest BCUT2D eigenvalue weighted by molar-refractivity contribution is -0.111. The van der Waals surface area contributed by atoms with Crippen LogP contribution in [0.5, 0.6) is 0 Å². The van der Waals surface area contributed by atoms with Gasteiger partial charge >= 0.3 is 0 Å².